The Labute approximate surface area is 142 Å². The Bertz CT molecular complexity index is 691. The summed E-state index contributed by atoms with van der Waals surface area (Å²) in [6, 6.07) is 18.5. The van der Waals surface area contributed by atoms with E-state index in [2.05, 4.69) is 93.7 Å². The lowest BCUT2D eigenvalue weighted by atomic mass is 10.2. The summed E-state index contributed by atoms with van der Waals surface area (Å²) in [5.74, 6) is 0. The molecular formula is C21H25PSi. The molecule has 0 aliphatic heterocycles. The monoisotopic (exact) mass is 336 g/mol. The standard InChI is InChI=1S/C21H25PSi/c1-17-9-13-19(14-10-17)22(20-15-11-18(2)12-16-20)23(3,4)21-7-5-6-8-21/h5-7,9-16H,8H2,1-4H3. The molecule has 0 radical (unpaired) electrons. The lowest BCUT2D eigenvalue weighted by Crippen LogP contribution is -2.35. The molecule has 0 bridgehead atoms. The summed E-state index contributed by atoms with van der Waals surface area (Å²) in [7, 11) is -1.85. The number of hydrogen-bond donors (Lipinski definition) is 0. The van der Waals surface area contributed by atoms with Crippen LogP contribution in [0.3, 0.4) is 0 Å². The van der Waals surface area contributed by atoms with Crippen molar-refractivity contribution in [3.05, 3.63) is 83.1 Å². The fourth-order valence-electron chi connectivity index (χ4n) is 3.23. The van der Waals surface area contributed by atoms with Gasteiger partial charge in [-0.15, -0.1) is 0 Å². The van der Waals surface area contributed by atoms with E-state index in [1.165, 1.54) is 21.7 Å². The van der Waals surface area contributed by atoms with Crippen molar-refractivity contribution >= 4 is 25.8 Å². The molecule has 0 amide bonds. The van der Waals surface area contributed by atoms with Gasteiger partial charge in [0.2, 0.25) is 0 Å². The van der Waals surface area contributed by atoms with Gasteiger partial charge in [0.05, 0.1) is 0 Å². The van der Waals surface area contributed by atoms with E-state index in [9.17, 15) is 0 Å². The van der Waals surface area contributed by atoms with Crippen LogP contribution in [0.1, 0.15) is 17.5 Å². The summed E-state index contributed by atoms with van der Waals surface area (Å²) < 4.78 is 0. The molecule has 0 fully saturated rings. The van der Waals surface area contributed by atoms with Crippen LogP contribution >= 0.6 is 7.47 Å². The Hall–Kier alpha value is -1.43. The quantitative estimate of drug-likeness (QED) is 0.520. The van der Waals surface area contributed by atoms with Gasteiger partial charge >= 0.3 is 0 Å². The maximum Gasteiger partial charge on any atom is 0.113 e. The topological polar surface area (TPSA) is 0 Å². The highest BCUT2D eigenvalue weighted by molar-refractivity contribution is 8.05. The average Bonchev–Trinajstić information content (AvgIpc) is 3.06. The van der Waals surface area contributed by atoms with Gasteiger partial charge in [0.1, 0.15) is 7.74 Å². The van der Waals surface area contributed by atoms with Crippen LogP contribution in [0.15, 0.2) is 72.0 Å². The summed E-state index contributed by atoms with van der Waals surface area (Å²) >= 11 is 0. The average molecular weight is 336 g/mol. The highest BCUT2D eigenvalue weighted by Gasteiger charge is 2.37. The zero-order valence-electron chi connectivity index (χ0n) is 14.5. The van der Waals surface area contributed by atoms with E-state index in [0.717, 1.165) is 6.42 Å². The van der Waals surface area contributed by atoms with E-state index < -0.39 is 7.74 Å². The van der Waals surface area contributed by atoms with E-state index >= 15 is 0 Å². The van der Waals surface area contributed by atoms with Crippen LogP contribution in [0.2, 0.25) is 13.1 Å². The molecule has 2 heteroatoms. The Balaban J connectivity index is 2.09. The van der Waals surface area contributed by atoms with Crippen molar-refractivity contribution in [3.63, 3.8) is 0 Å². The second-order valence-electron chi connectivity index (χ2n) is 6.89. The van der Waals surface area contributed by atoms with Gasteiger partial charge in [-0.1, -0.05) is 104 Å². The molecule has 1 aliphatic rings. The van der Waals surface area contributed by atoms with Crippen LogP contribution < -0.4 is 10.6 Å². The molecule has 2 aromatic rings. The van der Waals surface area contributed by atoms with Gasteiger partial charge in [0.15, 0.2) is 0 Å². The fourth-order valence-corrected chi connectivity index (χ4v) is 13.2. The van der Waals surface area contributed by atoms with Gasteiger partial charge in [0, 0.05) is 0 Å². The summed E-state index contributed by atoms with van der Waals surface area (Å²) in [4.78, 5) is 0. The molecule has 23 heavy (non-hydrogen) atoms. The first-order valence-electron chi connectivity index (χ1n) is 8.28. The fraction of sp³-hybridized carbons (Fsp3) is 0.238. The molecule has 0 heterocycles. The van der Waals surface area contributed by atoms with Crippen LogP contribution in [0, 0.1) is 13.8 Å². The first-order chi connectivity index (χ1) is 11.0. The third-order valence-electron chi connectivity index (χ3n) is 4.70. The highest BCUT2D eigenvalue weighted by Crippen LogP contribution is 2.49. The Kier molecular flexibility index (Phi) is 4.71. The van der Waals surface area contributed by atoms with Crippen LogP contribution in [0.25, 0.3) is 0 Å². The Morgan fingerprint density at radius 1 is 0.783 bits per heavy atom. The zero-order valence-corrected chi connectivity index (χ0v) is 16.4. The molecule has 1 aliphatic carbocycles. The Morgan fingerprint density at radius 2 is 1.26 bits per heavy atom. The van der Waals surface area contributed by atoms with E-state index in [4.69, 9.17) is 0 Å². The molecular weight excluding hydrogens is 311 g/mol. The highest BCUT2D eigenvalue weighted by atomic mass is 31.4. The van der Waals surface area contributed by atoms with E-state index in [1.807, 2.05) is 0 Å². The molecule has 118 valence electrons. The first kappa shape index (κ1) is 16.4. The molecule has 0 unspecified atom stereocenters. The van der Waals surface area contributed by atoms with Crippen molar-refractivity contribution in [1.29, 1.82) is 0 Å². The van der Waals surface area contributed by atoms with Gasteiger partial charge in [0.25, 0.3) is 0 Å². The SMILES string of the molecule is Cc1ccc(P(c2ccc(C)cc2)[Si](C)(C)C2=CC=CC2)cc1. The maximum absolute atomic E-state index is 2.55. The zero-order chi connectivity index (χ0) is 16.4. The first-order valence-corrected chi connectivity index (χ1v) is 13.5. The van der Waals surface area contributed by atoms with Crippen LogP contribution in [0.4, 0.5) is 0 Å². The van der Waals surface area contributed by atoms with Gasteiger partial charge in [-0.05, 0) is 30.9 Å². The minimum absolute atomic E-state index is 0.299. The largest absolute Gasteiger partial charge is 0.113 e. The van der Waals surface area contributed by atoms with Crippen LogP contribution in [-0.4, -0.2) is 7.74 Å². The molecule has 0 nitrogen and oxygen atoms in total. The number of allylic oxidation sites excluding steroid dienone is 4. The van der Waals surface area contributed by atoms with Crippen molar-refractivity contribution < 1.29 is 0 Å². The van der Waals surface area contributed by atoms with Gasteiger partial charge in [-0.25, -0.2) is 0 Å². The van der Waals surface area contributed by atoms with E-state index in [-0.39, 0.29) is 7.47 Å². The Morgan fingerprint density at radius 3 is 1.65 bits per heavy atom. The number of rotatable bonds is 4. The summed E-state index contributed by atoms with van der Waals surface area (Å²) in [5.41, 5.74) is 2.68. The lowest BCUT2D eigenvalue weighted by Gasteiger charge is -2.35. The van der Waals surface area contributed by atoms with E-state index in [1.54, 1.807) is 5.20 Å². The maximum atomic E-state index is 2.55. The van der Waals surface area contributed by atoms with Crippen molar-refractivity contribution in [3.8, 4) is 0 Å². The molecule has 0 N–H and O–H groups in total. The van der Waals surface area contributed by atoms with Gasteiger partial charge < -0.3 is 0 Å². The molecule has 3 rings (SSSR count). The summed E-state index contributed by atoms with van der Waals surface area (Å²) in [5, 5.41) is 4.74. The van der Waals surface area contributed by atoms with Crippen LogP contribution in [0.5, 0.6) is 0 Å². The molecule has 0 spiro atoms. The molecule has 0 saturated carbocycles. The van der Waals surface area contributed by atoms with Gasteiger partial charge in [-0.2, -0.15) is 0 Å². The minimum Gasteiger partial charge on any atom is -0.0809 e. The number of hydrogen-bond acceptors (Lipinski definition) is 0. The number of aryl methyl sites for hydroxylation is 2. The van der Waals surface area contributed by atoms with Crippen molar-refractivity contribution in [2.45, 2.75) is 33.4 Å². The van der Waals surface area contributed by atoms with Crippen molar-refractivity contribution in [2.24, 2.45) is 0 Å². The normalized spacial score (nSPS) is 14.4. The third kappa shape index (κ3) is 3.41. The molecule has 0 atom stereocenters. The second-order valence-corrected chi connectivity index (χ2v) is 17.0. The predicted molar refractivity (Wildman–Crippen MR) is 108 cm³/mol. The van der Waals surface area contributed by atoms with E-state index in [0.29, 0.717) is 0 Å². The minimum atomic E-state index is -1.55. The molecule has 0 aromatic heterocycles. The predicted octanol–water partition coefficient (Wildman–Crippen LogP) is 5.37. The third-order valence-corrected chi connectivity index (χ3v) is 15.2. The van der Waals surface area contributed by atoms with Crippen LogP contribution in [-0.2, 0) is 0 Å². The summed E-state index contributed by atoms with van der Waals surface area (Å²) in [6.07, 6.45) is 8.07. The smallest absolute Gasteiger partial charge is 0.0809 e. The van der Waals surface area contributed by atoms with Gasteiger partial charge in [-0.3, -0.25) is 0 Å². The molecule has 2 aromatic carbocycles. The summed E-state index contributed by atoms with van der Waals surface area (Å²) in [6.45, 7) is 9.45. The lowest BCUT2D eigenvalue weighted by molar-refractivity contribution is 1.37. The molecule has 0 saturated heterocycles. The van der Waals surface area contributed by atoms with Crippen molar-refractivity contribution in [1.82, 2.24) is 0 Å². The second kappa shape index (κ2) is 6.59. The number of benzene rings is 2. The van der Waals surface area contributed by atoms with Crippen molar-refractivity contribution in [2.75, 3.05) is 0 Å².